The predicted molar refractivity (Wildman–Crippen MR) is 327 cm³/mol. The summed E-state index contributed by atoms with van der Waals surface area (Å²) in [6.45, 7) is 45.4. The highest BCUT2D eigenvalue weighted by Gasteiger charge is 2.33. The normalized spacial score (nSPS) is 11.8. The fourth-order valence-electron chi connectivity index (χ4n) is 10.8. The Hall–Kier alpha value is -7.92. The van der Waals surface area contributed by atoms with Crippen molar-refractivity contribution in [2.75, 3.05) is 144 Å². The monoisotopic (exact) mass is 1090 g/mol. The van der Waals surface area contributed by atoms with E-state index in [1.165, 1.54) is 0 Å². The second-order valence-corrected chi connectivity index (χ2v) is 19.3. The van der Waals surface area contributed by atoms with E-state index < -0.39 is 0 Å². The van der Waals surface area contributed by atoms with Gasteiger partial charge >= 0.3 is 0 Å². The van der Waals surface area contributed by atoms with Gasteiger partial charge in [0.15, 0.2) is 92.4 Å². The first-order valence-electron chi connectivity index (χ1n) is 29.4. The number of fused-ring (bicyclic) bond motifs is 20. The largest absolute Gasteiger partial charge is 0.354 e. The highest BCUT2D eigenvalue weighted by Crippen LogP contribution is 2.41. The average molecular weight is 1090 g/mol. The lowest BCUT2D eigenvalue weighted by Gasteiger charge is -2.28. The van der Waals surface area contributed by atoms with Gasteiger partial charge in [0.2, 0.25) is 0 Å². The van der Waals surface area contributed by atoms with Gasteiger partial charge in [-0.15, -0.1) is 0 Å². The predicted octanol–water partition coefficient (Wildman–Crippen LogP) is 8.80. The average Bonchev–Trinajstić information content (AvgIpc) is 4.30. The highest BCUT2D eigenvalue weighted by molar-refractivity contribution is 6.03. The minimum absolute atomic E-state index is 0.295. The van der Waals surface area contributed by atoms with Crippen LogP contribution in [0.1, 0.15) is 111 Å². The lowest BCUT2D eigenvalue weighted by atomic mass is 10.3. The van der Waals surface area contributed by atoms with Crippen molar-refractivity contribution in [1.82, 2.24) is 79.7 Å². The highest BCUT2D eigenvalue weighted by atomic mass is 15.3. The van der Waals surface area contributed by atoms with Crippen molar-refractivity contribution in [3.05, 3.63) is 0 Å². The second kappa shape index (κ2) is 24.2. The number of aromatic amines is 2. The van der Waals surface area contributed by atoms with Crippen molar-refractivity contribution in [2.24, 2.45) is 0 Å². The van der Waals surface area contributed by atoms with Gasteiger partial charge in [-0.1, -0.05) is 0 Å². The van der Waals surface area contributed by atoms with E-state index in [1.54, 1.807) is 0 Å². The number of anilines is 8. The van der Waals surface area contributed by atoms with Crippen molar-refractivity contribution >= 4 is 91.2 Å². The number of nitrogens with zero attached hydrogens (tertiary/aromatic N) is 22. The van der Waals surface area contributed by atoms with Crippen LogP contribution in [0.4, 0.5) is 46.5 Å². The number of hydrogen-bond donors (Lipinski definition) is 2. The minimum Gasteiger partial charge on any atom is -0.354 e. The molecule has 0 aromatic carbocycles. The van der Waals surface area contributed by atoms with Crippen molar-refractivity contribution in [3.8, 4) is 46.1 Å². The Bertz CT molecular complexity index is 3060. The molecule has 0 saturated heterocycles. The Kier molecular flexibility index (Phi) is 17.2. The molecule has 24 nitrogen and oxygen atoms in total. The van der Waals surface area contributed by atoms with Crippen LogP contribution in [0.15, 0.2) is 0 Å². The van der Waals surface area contributed by atoms with Gasteiger partial charge in [-0.05, 0) is 111 Å². The molecule has 9 heterocycles. The molecule has 80 heavy (non-hydrogen) atoms. The van der Waals surface area contributed by atoms with Crippen molar-refractivity contribution in [1.29, 1.82) is 0 Å². The van der Waals surface area contributed by atoms with Crippen LogP contribution in [0.3, 0.4) is 0 Å². The summed E-state index contributed by atoms with van der Waals surface area (Å²) in [6, 6.07) is 0. The molecule has 0 aliphatic carbocycles. The van der Waals surface area contributed by atoms with Gasteiger partial charge in [0.25, 0.3) is 0 Å². The van der Waals surface area contributed by atoms with E-state index in [4.69, 9.17) is 69.8 Å². The molecule has 0 unspecified atom stereocenters. The second-order valence-electron chi connectivity index (χ2n) is 19.3. The third-order valence-electron chi connectivity index (χ3n) is 15.5. The topological polar surface area (TPSA) is 238 Å². The van der Waals surface area contributed by atoms with Crippen LogP contribution in [-0.4, -0.2) is 184 Å². The maximum absolute atomic E-state index is 5.49. The maximum atomic E-state index is 5.49. The SMILES string of the molecule is CCN(CC)c1nc2c(nc1N(CC)CC)-c1nc-2nc2[nH]c(nc3nc(nc4[nH]c(n1)c1nc(N(CC)CC)c(N(CC)CC)nc41)-c1nc(N(CC)CC)c(N(CC)CC)nc1-3)c1nc(N(CC)CC)c(N(CC)CC)nc21. The number of aromatic nitrogens is 16. The molecule has 7 aromatic heterocycles. The van der Waals surface area contributed by atoms with E-state index in [2.05, 4.69) is 160 Å². The molecule has 9 rings (SSSR count). The van der Waals surface area contributed by atoms with Gasteiger partial charge in [0, 0.05) is 105 Å². The molecule has 2 aliphatic heterocycles. The first-order valence-corrected chi connectivity index (χ1v) is 29.4. The zero-order chi connectivity index (χ0) is 57.1. The zero-order valence-electron chi connectivity index (χ0n) is 50.2. The molecule has 8 bridgehead atoms. The van der Waals surface area contributed by atoms with Gasteiger partial charge in [-0.25, -0.2) is 69.8 Å². The third kappa shape index (κ3) is 9.87. The van der Waals surface area contributed by atoms with E-state index in [-0.39, 0.29) is 0 Å². The van der Waals surface area contributed by atoms with Crippen LogP contribution in [-0.2, 0) is 0 Å². The number of H-pyrrole nitrogens is 2. The molecule has 0 radical (unpaired) electrons. The minimum atomic E-state index is 0.295. The molecule has 0 amide bonds. The Morgan fingerprint density at radius 3 is 0.500 bits per heavy atom. The molecule has 0 saturated carbocycles. The Morgan fingerprint density at radius 1 is 0.200 bits per heavy atom. The summed E-state index contributed by atoms with van der Waals surface area (Å²) < 4.78 is 0. The lowest BCUT2D eigenvalue weighted by molar-refractivity contribution is 0.802. The molecule has 7 aromatic rings. The Labute approximate surface area is 470 Å². The van der Waals surface area contributed by atoms with E-state index in [9.17, 15) is 0 Å². The van der Waals surface area contributed by atoms with Gasteiger partial charge < -0.3 is 49.2 Å². The van der Waals surface area contributed by atoms with Gasteiger partial charge in [0.1, 0.15) is 44.8 Å². The van der Waals surface area contributed by atoms with Crippen molar-refractivity contribution < 1.29 is 0 Å². The van der Waals surface area contributed by atoms with Crippen LogP contribution < -0.4 is 39.2 Å². The van der Waals surface area contributed by atoms with Crippen LogP contribution >= 0.6 is 0 Å². The van der Waals surface area contributed by atoms with Gasteiger partial charge in [-0.3, -0.25) is 0 Å². The molecular weight excluding hydrogens is 1010 g/mol. The summed E-state index contributed by atoms with van der Waals surface area (Å²) >= 11 is 0. The fraction of sp³-hybridized carbons (Fsp3) is 0.571. The van der Waals surface area contributed by atoms with E-state index >= 15 is 0 Å². The molecular formula is C56H82N24. The van der Waals surface area contributed by atoms with E-state index in [0.717, 1.165) is 46.5 Å². The number of hydrogen-bond acceptors (Lipinski definition) is 22. The fourth-order valence-corrected chi connectivity index (χ4v) is 10.8. The number of rotatable bonds is 24. The summed E-state index contributed by atoms with van der Waals surface area (Å²) in [5.74, 6) is 7.07. The molecule has 0 fully saturated rings. The Morgan fingerprint density at radius 2 is 0.350 bits per heavy atom. The standard InChI is InChI=1S/C56H82N24/c1-17-73(18-2)49-50(74(19-3)20-4)58-34-33(57-49)41-65-42(34)70-44-37-38(62-54(78(27-11)28-12)53(61-37)77(25-9)26-10)46(67-44)72-48-40-39(63-55(79(29-13)30-14)56(64-40)80(31-15)32-16)47(68-48)71-45-36-35(43(66-45)69-41)59-51(75(21-5)22-6)52(60-36)76(23-7)24-8/h17-32H2,1-16H3,(H2,65,66,67,68,69,70,71,72). The van der Waals surface area contributed by atoms with E-state index in [1.807, 2.05) is 0 Å². The summed E-state index contributed by atoms with van der Waals surface area (Å²) in [7, 11) is 0. The molecule has 0 atom stereocenters. The first-order chi connectivity index (χ1) is 38.9. The molecule has 0 spiro atoms. The molecule has 24 heteroatoms. The Balaban J connectivity index is 1.55. The van der Waals surface area contributed by atoms with Crippen LogP contribution in [0.2, 0.25) is 0 Å². The number of nitrogens with one attached hydrogen (secondary N) is 2. The summed E-state index contributed by atoms with van der Waals surface area (Å²) in [6.07, 6.45) is 0. The molecule has 426 valence electrons. The van der Waals surface area contributed by atoms with Crippen LogP contribution in [0.5, 0.6) is 0 Å². The summed E-state index contributed by atoms with van der Waals surface area (Å²) in [5.41, 5.74) is 5.42. The van der Waals surface area contributed by atoms with Crippen molar-refractivity contribution in [2.45, 2.75) is 111 Å². The third-order valence-corrected chi connectivity index (χ3v) is 15.5. The molecule has 2 N–H and O–H groups in total. The van der Waals surface area contributed by atoms with Crippen LogP contribution in [0.25, 0.3) is 90.7 Å². The van der Waals surface area contributed by atoms with Crippen LogP contribution in [0, 0.1) is 0 Å². The quantitative estimate of drug-likeness (QED) is 0.0575. The zero-order valence-corrected chi connectivity index (χ0v) is 50.2. The van der Waals surface area contributed by atoms with Gasteiger partial charge in [-0.2, -0.15) is 0 Å². The molecule has 2 aliphatic rings. The van der Waals surface area contributed by atoms with Crippen molar-refractivity contribution in [3.63, 3.8) is 0 Å². The maximum Gasteiger partial charge on any atom is 0.184 e. The first kappa shape index (κ1) is 56.8. The summed E-state index contributed by atoms with van der Waals surface area (Å²) in [5, 5.41) is 0. The lowest BCUT2D eigenvalue weighted by Crippen LogP contribution is -2.30. The van der Waals surface area contributed by atoms with Gasteiger partial charge in [0.05, 0.1) is 0 Å². The summed E-state index contributed by atoms with van der Waals surface area (Å²) in [4.78, 5) is 101. The van der Waals surface area contributed by atoms with E-state index in [0.29, 0.717) is 195 Å². The smallest absolute Gasteiger partial charge is 0.184 e.